The number of benzene rings is 1. The molecule has 3 N–H and O–H groups in total. The van der Waals surface area contributed by atoms with Crippen LogP contribution in [0.3, 0.4) is 0 Å². The molecule has 0 saturated carbocycles. The first-order valence-corrected chi connectivity index (χ1v) is 6.80. The zero-order valence-corrected chi connectivity index (χ0v) is 12.8. The van der Waals surface area contributed by atoms with Crippen molar-refractivity contribution in [2.24, 2.45) is 5.92 Å². The highest BCUT2D eigenvalue weighted by Gasteiger charge is 2.51. The topological polar surface area (TPSA) is 105 Å². The molecule has 118 valence electrons. The van der Waals surface area contributed by atoms with Crippen LogP contribution in [0.2, 0.25) is 0 Å². The smallest absolute Gasteiger partial charge is 0.336 e. The molecule has 7 heteroatoms. The average molecular weight is 306 g/mol. The van der Waals surface area contributed by atoms with Crippen LogP contribution in [-0.2, 0) is 10.3 Å². The van der Waals surface area contributed by atoms with E-state index in [2.05, 4.69) is 10.6 Å². The van der Waals surface area contributed by atoms with Crippen LogP contribution in [0.5, 0.6) is 5.75 Å². The minimum absolute atomic E-state index is 0.0873. The molecule has 0 aromatic heterocycles. The van der Waals surface area contributed by atoms with Gasteiger partial charge in [0.2, 0.25) is 0 Å². The van der Waals surface area contributed by atoms with Crippen molar-refractivity contribution in [2.75, 3.05) is 7.11 Å². The molecule has 1 unspecified atom stereocenters. The van der Waals surface area contributed by atoms with Crippen molar-refractivity contribution in [1.29, 1.82) is 0 Å². The van der Waals surface area contributed by atoms with Crippen molar-refractivity contribution < 1.29 is 24.2 Å². The Bertz CT molecular complexity index is 668. The first-order chi connectivity index (χ1) is 10.2. The molecule has 3 amide bonds. The number of hydrogen-bond donors (Lipinski definition) is 3. The fourth-order valence-corrected chi connectivity index (χ4v) is 2.77. The van der Waals surface area contributed by atoms with Crippen LogP contribution in [0.15, 0.2) is 12.1 Å². The Morgan fingerprint density at radius 1 is 1.32 bits per heavy atom. The monoisotopic (exact) mass is 306 g/mol. The van der Waals surface area contributed by atoms with Crippen molar-refractivity contribution in [3.05, 3.63) is 28.8 Å². The van der Waals surface area contributed by atoms with Crippen LogP contribution in [0, 0.1) is 12.8 Å². The highest BCUT2D eigenvalue weighted by Crippen LogP contribution is 2.39. The average Bonchev–Trinajstić information content (AvgIpc) is 2.73. The van der Waals surface area contributed by atoms with Crippen LogP contribution in [0.4, 0.5) is 4.79 Å². The van der Waals surface area contributed by atoms with Gasteiger partial charge in [-0.3, -0.25) is 10.1 Å². The Morgan fingerprint density at radius 2 is 1.95 bits per heavy atom. The van der Waals surface area contributed by atoms with E-state index in [9.17, 15) is 19.5 Å². The number of nitrogens with one attached hydrogen (secondary N) is 2. The number of aromatic carboxylic acids is 1. The van der Waals surface area contributed by atoms with Crippen LogP contribution in [0.1, 0.15) is 35.3 Å². The summed E-state index contributed by atoms with van der Waals surface area (Å²) in [6.07, 6.45) is 0. The molecule has 1 heterocycles. The number of imide groups is 1. The predicted molar refractivity (Wildman–Crippen MR) is 77.9 cm³/mol. The second kappa shape index (κ2) is 5.32. The summed E-state index contributed by atoms with van der Waals surface area (Å²) in [6.45, 7) is 5.23. The second-order valence-corrected chi connectivity index (χ2v) is 5.54. The number of carbonyl (C=O) groups excluding carboxylic acids is 2. The van der Waals surface area contributed by atoms with Crippen molar-refractivity contribution in [3.63, 3.8) is 0 Å². The minimum Gasteiger partial charge on any atom is -0.496 e. The Kier molecular flexibility index (Phi) is 3.83. The molecule has 1 saturated heterocycles. The lowest BCUT2D eigenvalue weighted by atomic mass is 9.78. The number of aryl methyl sites for hydroxylation is 1. The van der Waals surface area contributed by atoms with E-state index in [0.717, 1.165) is 0 Å². The maximum atomic E-state index is 12.4. The van der Waals surface area contributed by atoms with Gasteiger partial charge in [-0.25, -0.2) is 9.59 Å². The van der Waals surface area contributed by atoms with E-state index in [1.165, 1.54) is 13.2 Å². The molecule has 0 bridgehead atoms. The lowest BCUT2D eigenvalue weighted by Gasteiger charge is -2.32. The van der Waals surface area contributed by atoms with Gasteiger partial charge in [-0.05, 0) is 30.5 Å². The van der Waals surface area contributed by atoms with Crippen molar-refractivity contribution in [3.8, 4) is 5.75 Å². The number of rotatable bonds is 4. The summed E-state index contributed by atoms with van der Waals surface area (Å²) in [7, 11) is 1.39. The van der Waals surface area contributed by atoms with Gasteiger partial charge in [-0.15, -0.1) is 0 Å². The third-order valence-electron chi connectivity index (χ3n) is 3.96. The van der Waals surface area contributed by atoms with Gasteiger partial charge in [0.15, 0.2) is 5.54 Å². The van der Waals surface area contributed by atoms with E-state index < -0.39 is 23.4 Å². The summed E-state index contributed by atoms with van der Waals surface area (Å²) in [6, 6.07) is 2.36. The van der Waals surface area contributed by atoms with Gasteiger partial charge in [-0.1, -0.05) is 13.8 Å². The standard InChI is InChI=1S/C15H18N2O5/c1-7(2)15(13(20)16-14(21)17-15)10-5-8(3)9(12(18)19)6-11(10)22-4/h5-7H,1-4H3,(H,18,19)(H2,16,17,20,21). The van der Waals surface area contributed by atoms with Gasteiger partial charge in [0, 0.05) is 5.56 Å². The quantitative estimate of drug-likeness (QED) is 0.729. The SMILES string of the molecule is COc1cc(C(=O)O)c(C)cc1C1(C(C)C)NC(=O)NC1=O. The second-order valence-electron chi connectivity index (χ2n) is 5.54. The number of methoxy groups -OCH3 is 1. The number of carboxylic acids is 1. The summed E-state index contributed by atoms with van der Waals surface area (Å²) in [5.74, 6) is -1.58. The summed E-state index contributed by atoms with van der Waals surface area (Å²) >= 11 is 0. The van der Waals surface area contributed by atoms with E-state index in [0.29, 0.717) is 11.1 Å². The number of hydrogen-bond acceptors (Lipinski definition) is 4. The molecule has 1 aliphatic rings. The van der Waals surface area contributed by atoms with E-state index in [1.807, 2.05) is 0 Å². The largest absolute Gasteiger partial charge is 0.496 e. The normalized spacial score (nSPS) is 20.8. The fourth-order valence-electron chi connectivity index (χ4n) is 2.77. The van der Waals surface area contributed by atoms with Gasteiger partial charge < -0.3 is 15.2 Å². The lowest BCUT2D eigenvalue weighted by molar-refractivity contribution is -0.125. The molecule has 0 radical (unpaired) electrons. The third kappa shape index (κ3) is 2.18. The number of carbonyl (C=O) groups is 3. The first kappa shape index (κ1) is 15.8. The van der Waals surface area contributed by atoms with Gasteiger partial charge >= 0.3 is 12.0 Å². The van der Waals surface area contributed by atoms with Gasteiger partial charge in [0.05, 0.1) is 12.7 Å². The summed E-state index contributed by atoms with van der Waals surface area (Å²) < 4.78 is 5.27. The zero-order valence-electron chi connectivity index (χ0n) is 12.8. The lowest BCUT2D eigenvalue weighted by Crippen LogP contribution is -2.48. The van der Waals surface area contributed by atoms with Crippen LogP contribution in [0.25, 0.3) is 0 Å². The molecular formula is C15H18N2O5. The summed E-state index contributed by atoms with van der Waals surface area (Å²) in [5.41, 5.74) is -0.276. The molecule has 0 spiro atoms. The highest BCUT2D eigenvalue weighted by molar-refractivity contribution is 6.08. The molecule has 1 aliphatic heterocycles. The van der Waals surface area contributed by atoms with Crippen molar-refractivity contribution in [2.45, 2.75) is 26.3 Å². The molecule has 1 fully saturated rings. The number of urea groups is 1. The van der Waals surface area contributed by atoms with E-state index in [1.54, 1.807) is 26.8 Å². The Hall–Kier alpha value is -2.57. The predicted octanol–water partition coefficient (Wildman–Crippen LogP) is 1.39. The molecule has 1 aromatic rings. The fraction of sp³-hybridized carbons (Fsp3) is 0.400. The molecule has 22 heavy (non-hydrogen) atoms. The maximum absolute atomic E-state index is 12.4. The van der Waals surface area contributed by atoms with E-state index >= 15 is 0 Å². The molecule has 1 atom stereocenters. The van der Waals surface area contributed by atoms with Gasteiger partial charge in [0.1, 0.15) is 5.75 Å². The van der Waals surface area contributed by atoms with E-state index in [-0.39, 0.29) is 17.2 Å². The molecular weight excluding hydrogens is 288 g/mol. The van der Waals surface area contributed by atoms with Gasteiger partial charge in [0.25, 0.3) is 5.91 Å². The first-order valence-electron chi connectivity index (χ1n) is 6.80. The maximum Gasteiger partial charge on any atom is 0.336 e. The molecule has 2 rings (SSSR count). The molecule has 0 aliphatic carbocycles. The Labute approximate surface area is 127 Å². The third-order valence-corrected chi connectivity index (χ3v) is 3.96. The number of carboxylic acid groups (broad SMARTS) is 1. The molecule has 1 aromatic carbocycles. The Balaban J connectivity index is 2.73. The summed E-state index contributed by atoms with van der Waals surface area (Å²) in [4.78, 5) is 35.3. The minimum atomic E-state index is -1.29. The van der Waals surface area contributed by atoms with Crippen LogP contribution in [-0.4, -0.2) is 30.1 Å². The number of ether oxygens (including phenoxy) is 1. The van der Waals surface area contributed by atoms with Gasteiger partial charge in [-0.2, -0.15) is 0 Å². The van der Waals surface area contributed by atoms with Crippen molar-refractivity contribution >= 4 is 17.9 Å². The van der Waals surface area contributed by atoms with Crippen LogP contribution >= 0.6 is 0 Å². The van der Waals surface area contributed by atoms with E-state index in [4.69, 9.17) is 4.74 Å². The molecule has 7 nitrogen and oxygen atoms in total. The number of amides is 3. The Morgan fingerprint density at radius 3 is 2.36 bits per heavy atom. The summed E-state index contributed by atoms with van der Waals surface area (Å²) in [5, 5.41) is 14.1. The van der Waals surface area contributed by atoms with Crippen molar-refractivity contribution in [1.82, 2.24) is 10.6 Å². The highest BCUT2D eigenvalue weighted by atomic mass is 16.5. The zero-order chi connectivity index (χ0) is 16.7. The van der Waals surface area contributed by atoms with Crippen LogP contribution < -0.4 is 15.4 Å².